The fraction of sp³-hybridized carbons (Fsp3) is 0.333. The van der Waals surface area contributed by atoms with Crippen LogP contribution in [0.3, 0.4) is 0 Å². The number of esters is 1. The summed E-state index contributed by atoms with van der Waals surface area (Å²) in [4.78, 5) is 15.0. The van der Waals surface area contributed by atoms with E-state index in [1.54, 1.807) is 36.4 Å². The first-order chi connectivity index (χ1) is 12.2. The molecular weight excluding hydrogens is 332 g/mol. The summed E-state index contributed by atoms with van der Waals surface area (Å²) in [5.74, 6) is 1.18. The van der Waals surface area contributed by atoms with Crippen LogP contribution in [0.5, 0.6) is 5.75 Å². The number of pyridine rings is 1. The molecule has 0 bridgehead atoms. The lowest BCUT2D eigenvalue weighted by Crippen LogP contribution is -2.11. The van der Waals surface area contributed by atoms with Crippen LogP contribution in [0.1, 0.15) is 20.3 Å². The summed E-state index contributed by atoms with van der Waals surface area (Å²) >= 11 is 0. The Bertz CT molecular complexity index is 676. The summed E-state index contributed by atoms with van der Waals surface area (Å²) in [7, 11) is 3.75. The van der Waals surface area contributed by atoms with E-state index in [0.717, 1.165) is 0 Å². The number of carbonyl (C=O) groups is 1. The minimum absolute atomic E-state index is 0.238. The maximum absolute atomic E-state index is 11.3. The highest BCUT2D eigenvalue weighted by Crippen LogP contribution is 2.20. The van der Waals surface area contributed by atoms with Crippen LogP contribution in [0.2, 0.25) is 0 Å². The first-order valence-electron chi connectivity index (χ1n) is 8.12. The van der Waals surface area contributed by atoms with Crippen molar-refractivity contribution in [3.8, 4) is 5.75 Å². The summed E-state index contributed by atoms with van der Waals surface area (Å²) in [6, 6.07) is 10.2. The molecule has 0 aliphatic rings. The van der Waals surface area contributed by atoms with Crippen molar-refractivity contribution >= 4 is 29.0 Å². The van der Waals surface area contributed by atoms with Crippen molar-refractivity contribution in [2.75, 3.05) is 37.0 Å². The molecule has 1 aromatic heterocycles. The number of para-hydroxylation sites is 2. The minimum atomic E-state index is -0.238. The molecule has 0 amide bonds. The maximum Gasteiger partial charge on any atom is 0.311 e. The van der Waals surface area contributed by atoms with E-state index in [0.29, 0.717) is 35.3 Å². The van der Waals surface area contributed by atoms with Gasteiger partial charge in [0.05, 0.1) is 11.4 Å². The molecule has 8 heteroatoms. The predicted molar refractivity (Wildman–Crippen MR) is 108 cm³/mol. The van der Waals surface area contributed by atoms with E-state index in [1.165, 1.54) is 0 Å². The third-order valence-electron chi connectivity index (χ3n) is 2.70. The molecule has 1 aromatic carbocycles. The van der Waals surface area contributed by atoms with Crippen LogP contribution < -0.4 is 33.0 Å². The molecule has 0 radical (unpaired) electrons. The van der Waals surface area contributed by atoms with Gasteiger partial charge in [-0.15, -0.1) is 0 Å². The van der Waals surface area contributed by atoms with Gasteiger partial charge >= 0.3 is 5.97 Å². The van der Waals surface area contributed by atoms with Gasteiger partial charge in [0.25, 0.3) is 0 Å². The van der Waals surface area contributed by atoms with Gasteiger partial charge in [0.1, 0.15) is 11.6 Å². The molecule has 0 saturated heterocycles. The SMILES string of the molecule is CC(C)CC(=O)Oc1ccccc1N.CNC.Nc1ccc(N)c(N)n1. The van der Waals surface area contributed by atoms with Gasteiger partial charge in [-0.3, -0.25) is 4.79 Å². The second-order valence-corrected chi connectivity index (χ2v) is 5.82. The second kappa shape index (κ2) is 12.4. The normalized spacial score (nSPS) is 9.42. The standard InChI is InChI=1S/C11H15NO2.C5H8N4.C2H7N/c1-8(2)7-11(13)14-10-6-4-3-5-9(10)12;6-3-1-2-4(7)9-5(3)8;1-3-2/h3-6,8H,7,12H2,1-2H3;1-2H,6H2,(H4,7,8,9);3H,1-2H3. The van der Waals surface area contributed by atoms with E-state index in [9.17, 15) is 4.79 Å². The average Bonchev–Trinajstić information content (AvgIpc) is 2.54. The summed E-state index contributed by atoms with van der Waals surface area (Å²) in [6.45, 7) is 3.94. The lowest BCUT2D eigenvalue weighted by molar-refractivity contribution is -0.135. The van der Waals surface area contributed by atoms with Crippen LogP contribution in [0.15, 0.2) is 36.4 Å². The van der Waals surface area contributed by atoms with Gasteiger partial charge < -0.3 is 33.0 Å². The number of nitrogens with one attached hydrogen (secondary N) is 1. The Morgan fingerprint density at radius 1 is 1.04 bits per heavy atom. The Labute approximate surface area is 154 Å². The smallest absolute Gasteiger partial charge is 0.311 e. The fourth-order valence-corrected chi connectivity index (χ4v) is 1.57. The number of carbonyl (C=O) groups excluding carboxylic acids is 1. The van der Waals surface area contributed by atoms with Crippen LogP contribution in [0.4, 0.5) is 23.0 Å². The molecule has 1 heterocycles. The average molecular weight is 362 g/mol. The van der Waals surface area contributed by atoms with Gasteiger partial charge in [-0.05, 0) is 44.3 Å². The molecule has 0 aliphatic carbocycles. The first-order valence-corrected chi connectivity index (χ1v) is 8.12. The Hall–Kier alpha value is -3.00. The van der Waals surface area contributed by atoms with Crippen LogP contribution in [-0.4, -0.2) is 25.0 Å². The number of nitrogen functional groups attached to an aromatic ring is 4. The number of ether oxygens (including phenoxy) is 1. The van der Waals surface area contributed by atoms with E-state index in [1.807, 2.05) is 27.9 Å². The van der Waals surface area contributed by atoms with Gasteiger partial charge in [-0.25, -0.2) is 4.98 Å². The van der Waals surface area contributed by atoms with Gasteiger partial charge in [0, 0.05) is 6.42 Å². The molecule has 144 valence electrons. The van der Waals surface area contributed by atoms with Crippen molar-refractivity contribution in [2.24, 2.45) is 5.92 Å². The zero-order valence-electron chi connectivity index (χ0n) is 15.8. The maximum atomic E-state index is 11.3. The third kappa shape index (κ3) is 9.99. The fourth-order valence-electron chi connectivity index (χ4n) is 1.57. The van der Waals surface area contributed by atoms with Crippen LogP contribution in [-0.2, 0) is 4.79 Å². The highest BCUT2D eigenvalue weighted by molar-refractivity contribution is 5.74. The van der Waals surface area contributed by atoms with Crippen LogP contribution in [0, 0.1) is 5.92 Å². The molecular formula is C18H30N6O2. The largest absolute Gasteiger partial charge is 0.424 e. The molecule has 2 rings (SSSR count). The Morgan fingerprint density at radius 2 is 1.62 bits per heavy atom. The number of nitrogens with zero attached hydrogens (tertiary/aromatic N) is 1. The molecule has 2 aromatic rings. The first kappa shape index (κ1) is 23.0. The van der Waals surface area contributed by atoms with Crippen molar-refractivity contribution in [3.63, 3.8) is 0 Å². The van der Waals surface area contributed by atoms with E-state index in [2.05, 4.69) is 10.3 Å². The molecule has 9 N–H and O–H groups in total. The quantitative estimate of drug-likeness (QED) is 0.315. The van der Waals surface area contributed by atoms with Crippen LogP contribution in [0.25, 0.3) is 0 Å². The Kier molecular flexibility index (Phi) is 10.9. The summed E-state index contributed by atoms with van der Waals surface area (Å²) < 4.78 is 5.09. The second-order valence-electron chi connectivity index (χ2n) is 5.82. The summed E-state index contributed by atoms with van der Waals surface area (Å²) in [5, 5.41) is 2.75. The van der Waals surface area contributed by atoms with Crippen molar-refractivity contribution in [1.82, 2.24) is 10.3 Å². The summed E-state index contributed by atoms with van der Waals surface area (Å²) in [6.07, 6.45) is 0.411. The van der Waals surface area contributed by atoms with Crippen molar-refractivity contribution in [3.05, 3.63) is 36.4 Å². The van der Waals surface area contributed by atoms with Crippen molar-refractivity contribution in [2.45, 2.75) is 20.3 Å². The number of hydrogen-bond acceptors (Lipinski definition) is 8. The van der Waals surface area contributed by atoms with E-state index >= 15 is 0 Å². The summed E-state index contributed by atoms with van der Waals surface area (Å²) in [5.41, 5.74) is 22.5. The monoisotopic (exact) mass is 362 g/mol. The lowest BCUT2D eigenvalue weighted by Gasteiger charge is -2.07. The van der Waals surface area contributed by atoms with E-state index in [4.69, 9.17) is 27.7 Å². The minimum Gasteiger partial charge on any atom is -0.424 e. The number of aromatic nitrogens is 1. The molecule has 0 spiro atoms. The number of anilines is 4. The third-order valence-corrected chi connectivity index (χ3v) is 2.70. The number of benzene rings is 1. The highest BCUT2D eigenvalue weighted by Gasteiger charge is 2.08. The molecule has 26 heavy (non-hydrogen) atoms. The zero-order valence-corrected chi connectivity index (χ0v) is 15.8. The van der Waals surface area contributed by atoms with Crippen molar-refractivity contribution < 1.29 is 9.53 Å². The van der Waals surface area contributed by atoms with E-state index < -0.39 is 0 Å². The molecule has 0 atom stereocenters. The number of hydrogen-bond donors (Lipinski definition) is 5. The number of rotatable bonds is 3. The molecule has 0 unspecified atom stereocenters. The Balaban J connectivity index is 0.000000446. The van der Waals surface area contributed by atoms with Gasteiger partial charge in [-0.2, -0.15) is 0 Å². The molecule has 0 saturated carbocycles. The molecule has 0 fully saturated rings. The lowest BCUT2D eigenvalue weighted by atomic mass is 10.1. The predicted octanol–water partition coefficient (Wildman–Crippen LogP) is 1.88. The van der Waals surface area contributed by atoms with Gasteiger partial charge in [0.15, 0.2) is 5.75 Å². The topological polar surface area (TPSA) is 155 Å². The van der Waals surface area contributed by atoms with Gasteiger partial charge in [-0.1, -0.05) is 26.0 Å². The van der Waals surface area contributed by atoms with Crippen LogP contribution >= 0.6 is 0 Å². The zero-order chi connectivity index (χ0) is 20.1. The number of nitrogens with two attached hydrogens (primary N) is 4. The highest BCUT2D eigenvalue weighted by atomic mass is 16.5. The van der Waals surface area contributed by atoms with E-state index in [-0.39, 0.29) is 11.8 Å². The van der Waals surface area contributed by atoms with Crippen molar-refractivity contribution in [1.29, 1.82) is 0 Å². The van der Waals surface area contributed by atoms with Gasteiger partial charge in [0.2, 0.25) is 0 Å². The molecule has 8 nitrogen and oxygen atoms in total. The Morgan fingerprint density at radius 3 is 2.08 bits per heavy atom. The molecule has 0 aliphatic heterocycles.